The van der Waals surface area contributed by atoms with Gasteiger partial charge in [-0.3, -0.25) is 30.6 Å². The normalized spacial score (nSPS) is 11.0. The van der Waals surface area contributed by atoms with E-state index in [4.69, 9.17) is 4.42 Å². The van der Waals surface area contributed by atoms with Gasteiger partial charge in [0.05, 0.1) is 29.2 Å². The first-order valence-corrected chi connectivity index (χ1v) is 11.8. The number of nitro benzene ring substituents is 1. The summed E-state index contributed by atoms with van der Waals surface area (Å²) in [7, 11) is -4.26. The molecule has 0 aliphatic carbocycles. The molecule has 12 nitrogen and oxygen atoms in total. The van der Waals surface area contributed by atoms with Crippen LogP contribution in [0.4, 0.5) is 11.4 Å². The Balaban J connectivity index is 1.59. The van der Waals surface area contributed by atoms with Crippen LogP contribution < -0.4 is 20.9 Å². The third-order valence-electron chi connectivity index (χ3n) is 4.35. The van der Waals surface area contributed by atoms with Crippen LogP contribution in [0.15, 0.2) is 74.6 Å². The minimum absolute atomic E-state index is 0.0914. The van der Waals surface area contributed by atoms with Crippen molar-refractivity contribution in [2.75, 3.05) is 11.9 Å². The Morgan fingerprint density at radius 3 is 2.44 bits per heavy atom. The molecule has 3 aromatic rings. The van der Waals surface area contributed by atoms with Crippen molar-refractivity contribution in [2.45, 2.75) is 11.4 Å². The number of carbonyl (C=O) groups is 2. The van der Waals surface area contributed by atoms with Gasteiger partial charge in [-0.15, -0.1) is 0 Å². The van der Waals surface area contributed by atoms with Gasteiger partial charge in [0.1, 0.15) is 11.4 Å². The molecule has 0 radical (unpaired) electrons. The molecule has 1 heterocycles. The van der Waals surface area contributed by atoms with Gasteiger partial charge in [0.2, 0.25) is 10.0 Å². The molecule has 0 aliphatic rings. The molecule has 2 amide bonds. The number of hydrazine groups is 1. The van der Waals surface area contributed by atoms with E-state index in [1.807, 2.05) is 4.72 Å². The van der Waals surface area contributed by atoms with E-state index < -0.39 is 43.9 Å². The van der Waals surface area contributed by atoms with Crippen LogP contribution >= 0.6 is 15.9 Å². The van der Waals surface area contributed by atoms with Crippen molar-refractivity contribution in [1.29, 1.82) is 0 Å². The molecule has 0 bridgehead atoms. The SMILES string of the molecule is O=C(CNS(=O)(=O)c1ccc(NCc2ccco2)c([N+](=O)[O-])c1)NNC(=O)c1ccc(Br)cc1. The summed E-state index contributed by atoms with van der Waals surface area (Å²) in [6, 6.07) is 12.9. The first kappa shape index (κ1) is 24.9. The summed E-state index contributed by atoms with van der Waals surface area (Å²) in [6.45, 7) is -0.556. The zero-order valence-electron chi connectivity index (χ0n) is 17.3. The molecule has 0 spiro atoms. The molecule has 4 N–H and O–H groups in total. The fourth-order valence-electron chi connectivity index (χ4n) is 2.66. The molecule has 3 rings (SSSR count). The standard InChI is InChI=1S/C20H18BrN5O7S/c21-14-5-3-13(4-6-14)20(28)25-24-19(27)12-23-34(31,32)16-7-8-17(18(10-16)26(29)30)22-11-15-2-1-9-33-15/h1-10,22-23H,11-12H2,(H,24,27)(H,25,28). The summed E-state index contributed by atoms with van der Waals surface area (Å²) < 4.78 is 33.0. The number of nitrogens with zero attached hydrogens (tertiary/aromatic N) is 1. The first-order valence-electron chi connectivity index (χ1n) is 9.55. The van der Waals surface area contributed by atoms with Crippen molar-refractivity contribution in [2.24, 2.45) is 0 Å². The second-order valence-electron chi connectivity index (χ2n) is 6.70. The first-order chi connectivity index (χ1) is 16.2. The average Bonchev–Trinajstić information content (AvgIpc) is 3.34. The van der Waals surface area contributed by atoms with Gasteiger partial charge in [0, 0.05) is 16.1 Å². The second kappa shape index (κ2) is 10.9. The van der Waals surface area contributed by atoms with Crippen LogP contribution in [0.25, 0.3) is 0 Å². The highest BCUT2D eigenvalue weighted by molar-refractivity contribution is 9.10. The van der Waals surface area contributed by atoms with E-state index in [1.54, 1.807) is 24.3 Å². The van der Waals surface area contributed by atoms with Crippen LogP contribution in [-0.2, 0) is 21.4 Å². The zero-order chi connectivity index (χ0) is 24.7. The Labute approximate surface area is 202 Å². The maximum absolute atomic E-state index is 12.5. The van der Waals surface area contributed by atoms with Crippen molar-refractivity contribution in [1.82, 2.24) is 15.6 Å². The van der Waals surface area contributed by atoms with Crippen LogP contribution in [-0.4, -0.2) is 31.7 Å². The monoisotopic (exact) mass is 551 g/mol. The lowest BCUT2D eigenvalue weighted by atomic mass is 10.2. The fourth-order valence-corrected chi connectivity index (χ4v) is 3.93. The highest BCUT2D eigenvalue weighted by Gasteiger charge is 2.22. The number of nitrogens with one attached hydrogen (secondary N) is 4. The summed E-state index contributed by atoms with van der Waals surface area (Å²) in [5, 5.41) is 14.2. The predicted octanol–water partition coefficient (Wildman–Crippen LogP) is 2.30. The number of rotatable bonds is 9. The number of benzene rings is 2. The number of furan rings is 1. The third kappa shape index (κ3) is 6.63. The van der Waals surface area contributed by atoms with E-state index in [-0.39, 0.29) is 17.8 Å². The topological polar surface area (TPSA) is 173 Å². The molecular weight excluding hydrogens is 534 g/mol. The number of carbonyl (C=O) groups excluding carboxylic acids is 2. The summed E-state index contributed by atoms with van der Waals surface area (Å²) in [5.74, 6) is -0.914. The van der Waals surface area contributed by atoms with Crippen molar-refractivity contribution >= 4 is 49.1 Å². The molecule has 14 heteroatoms. The van der Waals surface area contributed by atoms with Crippen LogP contribution in [0, 0.1) is 10.1 Å². The average molecular weight is 552 g/mol. The lowest BCUT2D eigenvalue weighted by Crippen LogP contribution is -2.46. The Bertz CT molecular complexity index is 1300. The Morgan fingerprint density at radius 1 is 1.06 bits per heavy atom. The van der Waals surface area contributed by atoms with Crippen LogP contribution in [0.3, 0.4) is 0 Å². The minimum Gasteiger partial charge on any atom is -0.467 e. The summed E-state index contributed by atoms with van der Waals surface area (Å²) in [6.07, 6.45) is 1.45. The number of nitro groups is 1. The van der Waals surface area contributed by atoms with Crippen molar-refractivity contribution in [3.63, 3.8) is 0 Å². The number of halogens is 1. The summed E-state index contributed by atoms with van der Waals surface area (Å²) >= 11 is 3.24. The van der Waals surface area contributed by atoms with E-state index in [0.717, 1.165) is 16.6 Å². The highest BCUT2D eigenvalue weighted by Crippen LogP contribution is 2.28. The third-order valence-corrected chi connectivity index (χ3v) is 6.28. The van der Waals surface area contributed by atoms with E-state index in [0.29, 0.717) is 5.76 Å². The largest absolute Gasteiger partial charge is 0.467 e. The summed E-state index contributed by atoms with van der Waals surface area (Å²) in [5.41, 5.74) is 4.14. The van der Waals surface area contributed by atoms with E-state index in [2.05, 4.69) is 32.1 Å². The molecule has 1 aromatic heterocycles. The van der Waals surface area contributed by atoms with Gasteiger partial charge in [-0.05, 0) is 48.5 Å². The van der Waals surface area contributed by atoms with Gasteiger partial charge in [-0.1, -0.05) is 15.9 Å². The number of hydrogen-bond acceptors (Lipinski definition) is 8. The van der Waals surface area contributed by atoms with Gasteiger partial charge in [0.15, 0.2) is 0 Å². The zero-order valence-corrected chi connectivity index (χ0v) is 19.7. The molecular formula is C20H18BrN5O7S. The molecule has 0 aliphatic heterocycles. The van der Waals surface area contributed by atoms with Crippen molar-refractivity contribution < 1.29 is 27.3 Å². The van der Waals surface area contributed by atoms with Gasteiger partial charge in [-0.25, -0.2) is 13.1 Å². The van der Waals surface area contributed by atoms with E-state index in [9.17, 15) is 28.1 Å². The van der Waals surface area contributed by atoms with E-state index in [1.165, 1.54) is 24.5 Å². The molecule has 178 valence electrons. The van der Waals surface area contributed by atoms with Crippen LogP contribution in [0.5, 0.6) is 0 Å². The number of sulfonamides is 1. The van der Waals surface area contributed by atoms with Crippen molar-refractivity contribution in [3.8, 4) is 0 Å². The minimum atomic E-state index is -4.26. The predicted molar refractivity (Wildman–Crippen MR) is 124 cm³/mol. The number of amides is 2. The molecule has 0 unspecified atom stereocenters. The highest BCUT2D eigenvalue weighted by atomic mass is 79.9. The molecule has 0 saturated heterocycles. The Hall–Kier alpha value is -3.75. The Kier molecular flexibility index (Phi) is 7.99. The van der Waals surface area contributed by atoms with Gasteiger partial charge < -0.3 is 9.73 Å². The summed E-state index contributed by atoms with van der Waals surface area (Å²) in [4.78, 5) is 34.2. The van der Waals surface area contributed by atoms with Gasteiger partial charge in [-0.2, -0.15) is 0 Å². The molecule has 0 fully saturated rings. The smallest absolute Gasteiger partial charge is 0.293 e. The van der Waals surface area contributed by atoms with E-state index >= 15 is 0 Å². The lowest BCUT2D eigenvalue weighted by molar-refractivity contribution is -0.384. The molecule has 2 aromatic carbocycles. The van der Waals surface area contributed by atoms with Gasteiger partial charge in [0.25, 0.3) is 17.5 Å². The molecule has 34 heavy (non-hydrogen) atoms. The maximum atomic E-state index is 12.5. The molecule has 0 atom stereocenters. The second-order valence-corrected chi connectivity index (χ2v) is 9.39. The number of anilines is 1. The fraction of sp³-hybridized carbons (Fsp3) is 0.100. The Morgan fingerprint density at radius 2 is 1.79 bits per heavy atom. The number of hydrogen-bond donors (Lipinski definition) is 4. The quantitative estimate of drug-likeness (QED) is 0.231. The molecule has 0 saturated carbocycles. The van der Waals surface area contributed by atoms with Crippen molar-refractivity contribution in [3.05, 3.63) is 86.8 Å². The van der Waals surface area contributed by atoms with Gasteiger partial charge >= 0.3 is 0 Å². The maximum Gasteiger partial charge on any atom is 0.293 e. The lowest BCUT2D eigenvalue weighted by Gasteiger charge is -2.10. The van der Waals surface area contributed by atoms with Crippen LogP contribution in [0.2, 0.25) is 0 Å². The van der Waals surface area contributed by atoms with Crippen LogP contribution in [0.1, 0.15) is 16.1 Å².